The van der Waals surface area contributed by atoms with Crippen molar-refractivity contribution in [3.63, 3.8) is 0 Å². The molecule has 0 atom stereocenters. The van der Waals surface area contributed by atoms with Gasteiger partial charge in [0.1, 0.15) is 11.4 Å². The second-order valence-corrected chi connectivity index (χ2v) is 5.52. The number of hydrogen-bond acceptors (Lipinski definition) is 3. The number of fused-ring (bicyclic) bond motifs is 2. The molecule has 3 nitrogen and oxygen atoms in total. The molecule has 2 aromatic carbocycles. The lowest BCUT2D eigenvalue weighted by atomic mass is 9.99. The number of hydrogen-bond donors (Lipinski definition) is 0. The Morgan fingerprint density at radius 3 is 2.76 bits per heavy atom. The molecule has 0 aliphatic carbocycles. The van der Waals surface area contributed by atoms with Crippen molar-refractivity contribution in [3.05, 3.63) is 53.2 Å². The van der Waals surface area contributed by atoms with Crippen molar-refractivity contribution in [2.75, 3.05) is 6.61 Å². The third kappa shape index (κ3) is 2.14. The molecule has 2 heterocycles. The minimum atomic E-state index is 0.440. The highest BCUT2D eigenvalue weighted by molar-refractivity contribution is 6.34. The minimum Gasteiger partial charge on any atom is -0.493 e. The molecule has 0 unspecified atom stereocenters. The molecule has 0 N–H and O–H groups in total. The predicted octanol–water partition coefficient (Wildman–Crippen LogP) is 4.28. The lowest BCUT2D eigenvalue weighted by Crippen LogP contribution is -2.08. The topological polar surface area (TPSA) is 35.0 Å². The summed E-state index contributed by atoms with van der Waals surface area (Å²) in [7, 11) is 0. The largest absolute Gasteiger partial charge is 0.493 e. The zero-order valence-electron chi connectivity index (χ0n) is 11.3. The van der Waals surface area contributed by atoms with Crippen molar-refractivity contribution in [2.24, 2.45) is 0 Å². The number of aryl methyl sites for hydroxylation is 1. The van der Waals surface area contributed by atoms with Gasteiger partial charge >= 0.3 is 0 Å². The van der Waals surface area contributed by atoms with Gasteiger partial charge in [0.05, 0.1) is 6.61 Å². The maximum atomic E-state index is 6.14. The number of ether oxygens (including phenoxy) is 1. The molecule has 0 saturated carbocycles. The van der Waals surface area contributed by atoms with Crippen molar-refractivity contribution < 1.29 is 4.74 Å². The fraction of sp³-hybridized carbons (Fsp3) is 0.176. The van der Waals surface area contributed by atoms with Gasteiger partial charge in [0, 0.05) is 16.3 Å². The zero-order valence-corrected chi connectivity index (χ0v) is 12.1. The van der Waals surface area contributed by atoms with Crippen molar-refractivity contribution in [1.82, 2.24) is 10.2 Å². The van der Waals surface area contributed by atoms with Gasteiger partial charge in [-0.15, -0.1) is 10.2 Å². The average molecular weight is 297 g/mol. The highest BCUT2D eigenvalue weighted by atomic mass is 35.5. The van der Waals surface area contributed by atoms with Gasteiger partial charge in [0.25, 0.3) is 0 Å². The summed E-state index contributed by atoms with van der Waals surface area (Å²) in [6.07, 6.45) is 2.10. The van der Waals surface area contributed by atoms with Gasteiger partial charge < -0.3 is 4.74 Å². The number of benzene rings is 2. The first-order chi connectivity index (χ1) is 10.3. The van der Waals surface area contributed by atoms with Gasteiger partial charge in [-0.1, -0.05) is 35.9 Å². The van der Waals surface area contributed by atoms with E-state index in [4.69, 9.17) is 16.3 Å². The van der Waals surface area contributed by atoms with E-state index in [1.807, 2.05) is 36.4 Å². The molecule has 0 fully saturated rings. The minimum absolute atomic E-state index is 0.440. The maximum absolute atomic E-state index is 6.14. The van der Waals surface area contributed by atoms with E-state index in [0.717, 1.165) is 47.2 Å². The van der Waals surface area contributed by atoms with Crippen LogP contribution in [0.15, 0.2) is 42.5 Å². The van der Waals surface area contributed by atoms with Crippen LogP contribution in [-0.2, 0) is 6.42 Å². The summed E-state index contributed by atoms with van der Waals surface area (Å²) in [5.74, 6) is 0.983. The summed E-state index contributed by atoms with van der Waals surface area (Å²) in [5.41, 5.74) is 3.16. The second kappa shape index (κ2) is 5.01. The molecule has 0 amide bonds. The van der Waals surface area contributed by atoms with Gasteiger partial charge in [-0.05, 0) is 36.6 Å². The van der Waals surface area contributed by atoms with Crippen LogP contribution >= 0.6 is 11.6 Å². The predicted molar refractivity (Wildman–Crippen MR) is 83.8 cm³/mol. The Morgan fingerprint density at radius 2 is 1.86 bits per heavy atom. The first-order valence-corrected chi connectivity index (χ1v) is 7.38. The van der Waals surface area contributed by atoms with E-state index >= 15 is 0 Å². The fourth-order valence-electron chi connectivity index (χ4n) is 2.79. The van der Waals surface area contributed by atoms with Crippen LogP contribution in [-0.4, -0.2) is 16.8 Å². The summed E-state index contributed by atoms with van der Waals surface area (Å²) < 4.78 is 5.66. The first-order valence-electron chi connectivity index (χ1n) is 7.00. The van der Waals surface area contributed by atoms with Crippen LogP contribution in [0.5, 0.6) is 5.75 Å². The van der Waals surface area contributed by atoms with E-state index in [1.54, 1.807) is 0 Å². The molecule has 1 aliphatic rings. The highest BCUT2D eigenvalue weighted by Crippen LogP contribution is 2.33. The SMILES string of the molecule is Clc1nnc(-c2ccc3c(c2)CCCO3)c2ccccc12. The molecular weight excluding hydrogens is 284 g/mol. The van der Waals surface area contributed by atoms with Crippen LogP contribution in [0.4, 0.5) is 0 Å². The fourth-order valence-corrected chi connectivity index (χ4v) is 2.99. The van der Waals surface area contributed by atoms with Crippen LogP contribution in [0.3, 0.4) is 0 Å². The molecule has 0 saturated heterocycles. The van der Waals surface area contributed by atoms with Crippen molar-refractivity contribution in [3.8, 4) is 17.0 Å². The van der Waals surface area contributed by atoms with Crippen LogP contribution in [0, 0.1) is 0 Å². The summed E-state index contributed by atoms with van der Waals surface area (Å²) in [6, 6.07) is 14.2. The number of halogens is 1. The molecule has 1 aromatic heterocycles. The number of nitrogens with zero attached hydrogens (tertiary/aromatic N) is 2. The highest BCUT2D eigenvalue weighted by Gasteiger charge is 2.14. The molecule has 0 spiro atoms. The number of rotatable bonds is 1. The maximum Gasteiger partial charge on any atom is 0.159 e. The first kappa shape index (κ1) is 12.6. The van der Waals surface area contributed by atoms with Gasteiger partial charge in [-0.3, -0.25) is 0 Å². The average Bonchev–Trinajstić information content (AvgIpc) is 2.55. The lowest BCUT2D eigenvalue weighted by molar-refractivity contribution is 0.288. The molecule has 4 heteroatoms. The molecule has 4 rings (SSSR count). The van der Waals surface area contributed by atoms with Crippen molar-refractivity contribution in [2.45, 2.75) is 12.8 Å². The van der Waals surface area contributed by atoms with E-state index in [2.05, 4.69) is 16.3 Å². The Kier molecular flexibility index (Phi) is 3.00. The molecule has 3 aromatic rings. The van der Waals surface area contributed by atoms with Crippen LogP contribution in [0.2, 0.25) is 5.15 Å². The second-order valence-electron chi connectivity index (χ2n) is 5.16. The molecule has 21 heavy (non-hydrogen) atoms. The van der Waals surface area contributed by atoms with Crippen molar-refractivity contribution in [1.29, 1.82) is 0 Å². The van der Waals surface area contributed by atoms with Gasteiger partial charge in [-0.2, -0.15) is 0 Å². The van der Waals surface area contributed by atoms with Gasteiger partial charge in [-0.25, -0.2) is 0 Å². The van der Waals surface area contributed by atoms with E-state index in [9.17, 15) is 0 Å². The van der Waals surface area contributed by atoms with Crippen LogP contribution < -0.4 is 4.74 Å². The molecule has 104 valence electrons. The summed E-state index contributed by atoms with van der Waals surface area (Å²) in [4.78, 5) is 0. The van der Waals surface area contributed by atoms with Crippen LogP contribution in [0.25, 0.3) is 22.0 Å². The Balaban J connectivity index is 1.92. The van der Waals surface area contributed by atoms with E-state index in [1.165, 1.54) is 5.56 Å². The quantitative estimate of drug-likeness (QED) is 0.672. The van der Waals surface area contributed by atoms with Gasteiger partial charge in [0.2, 0.25) is 0 Å². The Labute approximate surface area is 127 Å². The summed E-state index contributed by atoms with van der Waals surface area (Å²) >= 11 is 6.14. The van der Waals surface area contributed by atoms with E-state index < -0.39 is 0 Å². The standard InChI is InChI=1S/C17H13ClN2O/c18-17-14-6-2-1-5-13(14)16(19-20-17)12-7-8-15-11(10-12)4-3-9-21-15/h1-2,5-8,10H,3-4,9H2. The number of aromatic nitrogens is 2. The van der Waals surface area contributed by atoms with Crippen molar-refractivity contribution >= 4 is 22.4 Å². The molecule has 0 radical (unpaired) electrons. The molecular formula is C17H13ClN2O. The molecule has 1 aliphatic heterocycles. The Morgan fingerprint density at radius 1 is 1.00 bits per heavy atom. The zero-order chi connectivity index (χ0) is 14.2. The Bertz CT molecular complexity index is 832. The Hall–Kier alpha value is -2.13. The smallest absolute Gasteiger partial charge is 0.159 e. The third-order valence-electron chi connectivity index (χ3n) is 3.82. The van der Waals surface area contributed by atoms with Crippen LogP contribution in [0.1, 0.15) is 12.0 Å². The lowest BCUT2D eigenvalue weighted by Gasteiger charge is -2.18. The summed E-state index contributed by atoms with van der Waals surface area (Å²) in [5, 5.41) is 10.8. The summed E-state index contributed by atoms with van der Waals surface area (Å²) in [6.45, 7) is 0.802. The van der Waals surface area contributed by atoms with Gasteiger partial charge in [0.15, 0.2) is 5.15 Å². The third-order valence-corrected chi connectivity index (χ3v) is 4.10. The molecule has 0 bridgehead atoms. The van der Waals surface area contributed by atoms with E-state index in [-0.39, 0.29) is 0 Å². The monoisotopic (exact) mass is 296 g/mol. The normalized spacial score (nSPS) is 13.8. The van der Waals surface area contributed by atoms with E-state index in [0.29, 0.717) is 5.15 Å².